The van der Waals surface area contributed by atoms with Crippen LogP contribution in [0.4, 0.5) is 0 Å². The van der Waals surface area contributed by atoms with Gasteiger partial charge in [0.25, 0.3) is 8.32 Å². The molecule has 1 fully saturated rings. The topological polar surface area (TPSA) is 94.9 Å². The molecule has 0 spiro atoms. The summed E-state index contributed by atoms with van der Waals surface area (Å²) in [7, 11) is -1.17. The number of rotatable bonds is 11. The van der Waals surface area contributed by atoms with Crippen molar-refractivity contribution in [2.75, 3.05) is 26.9 Å². The first-order valence-corrected chi connectivity index (χ1v) is 14.5. The molecule has 0 aromatic heterocycles. The van der Waals surface area contributed by atoms with Crippen molar-refractivity contribution in [3.05, 3.63) is 71.1 Å². The van der Waals surface area contributed by atoms with Gasteiger partial charge >= 0.3 is 0 Å². The van der Waals surface area contributed by atoms with Crippen LogP contribution in [-0.4, -0.2) is 65.9 Å². The predicted molar refractivity (Wildman–Crippen MR) is 143 cm³/mol. The number of hydrogen-bond donors (Lipinski definition) is 0. The van der Waals surface area contributed by atoms with Crippen molar-refractivity contribution in [1.82, 2.24) is 0 Å². The highest BCUT2D eigenvalue weighted by Gasteiger charge is 2.53. The average molecular weight is 514 g/mol. The van der Waals surface area contributed by atoms with Crippen LogP contribution in [0.15, 0.2) is 65.8 Å². The van der Waals surface area contributed by atoms with E-state index in [1.54, 1.807) is 7.11 Å². The van der Waals surface area contributed by atoms with Crippen LogP contribution in [0.3, 0.4) is 0 Å². The van der Waals surface area contributed by atoms with E-state index >= 15 is 0 Å². The highest BCUT2D eigenvalue weighted by Crippen LogP contribution is 2.38. The molecule has 5 atom stereocenters. The lowest BCUT2D eigenvalue weighted by molar-refractivity contribution is -0.274. The Morgan fingerprint density at radius 2 is 1.47 bits per heavy atom. The minimum absolute atomic E-state index is 0.181. The van der Waals surface area contributed by atoms with Crippen molar-refractivity contribution in [2.45, 2.75) is 70.3 Å². The first-order valence-electron chi connectivity index (χ1n) is 12.5. The second kappa shape index (κ2) is 12.8. The van der Waals surface area contributed by atoms with E-state index in [4.69, 9.17) is 23.4 Å². The van der Waals surface area contributed by atoms with Gasteiger partial charge in [0.2, 0.25) is 0 Å². The van der Waals surface area contributed by atoms with Crippen molar-refractivity contribution < 1.29 is 23.4 Å². The summed E-state index contributed by atoms with van der Waals surface area (Å²) in [6.07, 6.45) is -2.29. The summed E-state index contributed by atoms with van der Waals surface area (Å²) in [6.45, 7) is 11.6. The van der Waals surface area contributed by atoms with Crippen LogP contribution in [0, 0.1) is 0 Å². The molecule has 196 valence electrons. The van der Waals surface area contributed by atoms with Crippen LogP contribution in [0.2, 0.25) is 5.04 Å². The third-order valence-electron chi connectivity index (χ3n) is 6.64. The lowest BCUT2D eigenvalue weighted by Crippen LogP contribution is -2.68. The normalized spacial score (nSPS) is 24.8. The summed E-state index contributed by atoms with van der Waals surface area (Å²) in [5.74, 6) is 0. The van der Waals surface area contributed by atoms with E-state index in [-0.39, 0.29) is 11.6 Å². The molecule has 1 saturated heterocycles. The van der Waals surface area contributed by atoms with Gasteiger partial charge in [0.05, 0.1) is 12.7 Å². The molecule has 3 rings (SSSR count). The maximum Gasteiger partial charge on any atom is 0.261 e. The Balaban J connectivity index is 2.04. The van der Waals surface area contributed by atoms with Crippen molar-refractivity contribution in [2.24, 2.45) is 5.11 Å². The molecule has 1 aliphatic rings. The standard InChI is InChI=1S/C27H39N3O5Si/c1-7-32-25-23(29-30-28)26(33-8-2)35-22(24(25)31-6)19-34-36(27(3,4)5,20-15-11-9-12-16-20)21-17-13-10-14-18-21/h9-18,22-26H,7-8,19H2,1-6H3/t22?,23?,24-,25-,26?/m1/s1. The van der Waals surface area contributed by atoms with Gasteiger partial charge in [0.15, 0.2) is 6.29 Å². The van der Waals surface area contributed by atoms with Crippen molar-refractivity contribution in [3.8, 4) is 0 Å². The fourth-order valence-electron chi connectivity index (χ4n) is 5.15. The zero-order valence-electron chi connectivity index (χ0n) is 22.2. The molecule has 9 heteroatoms. The molecule has 0 saturated carbocycles. The maximum atomic E-state index is 9.20. The maximum absolute atomic E-state index is 9.20. The van der Waals surface area contributed by atoms with Crippen molar-refractivity contribution in [3.63, 3.8) is 0 Å². The Hall–Kier alpha value is -2.23. The summed E-state index contributed by atoms with van der Waals surface area (Å²) in [6, 6.07) is 20.2. The van der Waals surface area contributed by atoms with Gasteiger partial charge in [-0.05, 0) is 34.8 Å². The highest BCUT2D eigenvalue weighted by molar-refractivity contribution is 6.99. The first-order chi connectivity index (χ1) is 17.3. The van der Waals surface area contributed by atoms with E-state index in [2.05, 4.69) is 79.3 Å². The Bertz CT molecular complexity index is 942. The molecule has 3 unspecified atom stereocenters. The van der Waals surface area contributed by atoms with E-state index in [0.29, 0.717) is 13.2 Å². The monoisotopic (exact) mass is 513 g/mol. The van der Waals surface area contributed by atoms with Gasteiger partial charge < -0.3 is 23.4 Å². The molecule has 2 aromatic carbocycles. The third-order valence-corrected chi connectivity index (χ3v) is 11.6. The number of ether oxygens (including phenoxy) is 4. The summed E-state index contributed by atoms with van der Waals surface area (Å²) >= 11 is 0. The van der Waals surface area contributed by atoms with Gasteiger partial charge in [0.1, 0.15) is 18.2 Å². The van der Waals surface area contributed by atoms with Crippen LogP contribution in [0.1, 0.15) is 34.6 Å². The molecular formula is C27H39N3O5Si. The van der Waals surface area contributed by atoms with Crippen LogP contribution >= 0.6 is 0 Å². The molecule has 0 N–H and O–H groups in total. The Kier molecular flexibility index (Phi) is 10.1. The molecular weight excluding hydrogens is 474 g/mol. The zero-order valence-corrected chi connectivity index (χ0v) is 23.2. The van der Waals surface area contributed by atoms with Gasteiger partial charge in [-0.3, -0.25) is 0 Å². The zero-order chi connectivity index (χ0) is 26.2. The van der Waals surface area contributed by atoms with E-state index in [1.807, 2.05) is 26.0 Å². The minimum atomic E-state index is -2.79. The molecule has 36 heavy (non-hydrogen) atoms. The van der Waals surface area contributed by atoms with E-state index in [1.165, 1.54) is 10.4 Å². The van der Waals surface area contributed by atoms with E-state index in [0.717, 1.165) is 0 Å². The molecule has 0 amide bonds. The van der Waals surface area contributed by atoms with Gasteiger partial charge in [-0.15, -0.1) is 0 Å². The molecule has 1 aliphatic heterocycles. The SMILES string of the molecule is CCOC1OC(CO[Si](c2ccccc2)(c2ccccc2)C(C)(C)C)[C@@H](OC)[C@H](OCC)C1N=[N+]=[N-]. The Morgan fingerprint density at radius 3 is 1.92 bits per heavy atom. The fourth-order valence-corrected chi connectivity index (χ4v) is 9.72. The number of hydrogen-bond acceptors (Lipinski definition) is 6. The predicted octanol–water partition coefficient (Wildman–Crippen LogP) is 4.42. The molecule has 0 aliphatic carbocycles. The van der Waals surface area contributed by atoms with E-state index in [9.17, 15) is 5.53 Å². The number of benzene rings is 2. The highest BCUT2D eigenvalue weighted by atomic mass is 28.4. The first kappa shape index (κ1) is 28.3. The summed E-state index contributed by atoms with van der Waals surface area (Å²) < 4.78 is 31.2. The second-order valence-corrected chi connectivity index (χ2v) is 14.1. The van der Waals surface area contributed by atoms with Gasteiger partial charge in [-0.1, -0.05) is 86.5 Å². The summed E-state index contributed by atoms with van der Waals surface area (Å²) in [5.41, 5.74) is 9.20. The third kappa shape index (κ3) is 5.84. The quantitative estimate of drug-likeness (QED) is 0.192. The number of methoxy groups -OCH3 is 1. The van der Waals surface area contributed by atoms with Crippen LogP contribution in [0.5, 0.6) is 0 Å². The van der Waals surface area contributed by atoms with E-state index < -0.39 is 39.0 Å². The smallest absolute Gasteiger partial charge is 0.261 e. The summed E-state index contributed by atoms with van der Waals surface area (Å²) in [5, 5.41) is 6.14. The molecule has 0 radical (unpaired) electrons. The fraction of sp³-hybridized carbons (Fsp3) is 0.556. The Morgan fingerprint density at radius 1 is 0.917 bits per heavy atom. The van der Waals surface area contributed by atoms with Crippen LogP contribution in [0.25, 0.3) is 10.4 Å². The summed E-state index contributed by atoms with van der Waals surface area (Å²) in [4.78, 5) is 3.02. The van der Waals surface area contributed by atoms with Gasteiger partial charge in [-0.2, -0.15) is 0 Å². The lowest BCUT2D eigenvalue weighted by atomic mass is 9.97. The lowest BCUT2D eigenvalue weighted by Gasteiger charge is -2.47. The molecule has 0 bridgehead atoms. The van der Waals surface area contributed by atoms with Crippen LogP contribution in [-0.2, 0) is 23.4 Å². The molecule has 2 aromatic rings. The number of azide groups is 1. The van der Waals surface area contributed by atoms with Crippen molar-refractivity contribution >= 4 is 18.7 Å². The second-order valence-electron chi connectivity index (χ2n) is 9.79. The minimum Gasteiger partial charge on any atom is -0.405 e. The number of nitrogens with zero attached hydrogens (tertiary/aromatic N) is 3. The van der Waals surface area contributed by atoms with Crippen molar-refractivity contribution in [1.29, 1.82) is 0 Å². The van der Waals surface area contributed by atoms with Gasteiger partial charge in [0, 0.05) is 25.2 Å². The largest absolute Gasteiger partial charge is 0.405 e. The molecule has 8 nitrogen and oxygen atoms in total. The van der Waals surface area contributed by atoms with Crippen LogP contribution < -0.4 is 10.4 Å². The Labute approximate surface area is 215 Å². The van der Waals surface area contributed by atoms with Gasteiger partial charge in [-0.25, -0.2) is 0 Å². The molecule has 1 heterocycles. The average Bonchev–Trinajstić information content (AvgIpc) is 2.87.